The quantitative estimate of drug-likeness (QED) is 0.311. The van der Waals surface area contributed by atoms with Crippen molar-refractivity contribution in [1.82, 2.24) is 10.6 Å². The van der Waals surface area contributed by atoms with Gasteiger partial charge in [0.05, 0.1) is 19.3 Å². The molecule has 8 nitrogen and oxygen atoms in total. The number of carbonyl (C=O) groups excluding carboxylic acids is 1. The lowest BCUT2D eigenvalue weighted by Gasteiger charge is -2.36. The molecular weight excluding hydrogens is 485 g/mol. The molecule has 2 aromatic rings. The summed E-state index contributed by atoms with van der Waals surface area (Å²) in [5.74, 6) is 1.76. The van der Waals surface area contributed by atoms with E-state index >= 15 is 0 Å². The number of guanidine groups is 1. The van der Waals surface area contributed by atoms with Crippen molar-refractivity contribution < 1.29 is 13.9 Å². The predicted octanol–water partition coefficient (Wildman–Crippen LogP) is 2.34. The number of piperidine rings is 1. The van der Waals surface area contributed by atoms with Crippen LogP contribution in [0.25, 0.3) is 0 Å². The Morgan fingerprint density at radius 1 is 1.34 bits per heavy atom. The molecule has 0 spiro atoms. The topological polar surface area (TPSA) is 105 Å². The van der Waals surface area contributed by atoms with Gasteiger partial charge in [0, 0.05) is 26.2 Å². The summed E-state index contributed by atoms with van der Waals surface area (Å²) >= 11 is 0. The maximum Gasteiger partial charge on any atom is 0.284 e. The number of furan rings is 1. The van der Waals surface area contributed by atoms with Crippen LogP contribution in [-0.4, -0.2) is 45.2 Å². The number of benzene rings is 1. The van der Waals surface area contributed by atoms with Gasteiger partial charge in [0.25, 0.3) is 5.91 Å². The second kappa shape index (κ2) is 10.9. The zero-order valence-corrected chi connectivity index (χ0v) is 19.0. The van der Waals surface area contributed by atoms with Crippen LogP contribution >= 0.6 is 24.0 Å². The smallest absolute Gasteiger partial charge is 0.284 e. The molecule has 1 amide bonds. The van der Waals surface area contributed by atoms with Crippen LogP contribution in [0.15, 0.2) is 45.8 Å². The average Bonchev–Trinajstić information content (AvgIpc) is 3.20. The molecule has 4 N–H and O–H groups in total. The molecule has 3 rings (SSSR count). The van der Waals surface area contributed by atoms with E-state index in [0.29, 0.717) is 18.3 Å². The lowest BCUT2D eigenvalue weighted by molar-refractivity contribution is 0.0972. The van der Waals surface area contributed by atoms with Crippen LogP contribution in [0.3, 0.4) is 0 Å². The van der Waals surface area contributed by atoms with Crippen LogP contribution in [0.4, 0.5) is 5.69 Å². The second-order valence-electron chi connectivity index (χ2n) is 6.66. The largest absolute Gasteiger partial charge is 0.495 e. The van der Waals surface area contributed by atoms with E-state index < -0.39 is 5.91 Å². The van der Waals surface area contributed by atoms with E-state index in [1.54, 1.807) is 26.3 Å². The molecule has 158 valence electrons. The van der Waals surface area contributed by atoms with Gasteiger partial charge in [-0.15, -0.1) is 24.0 Å². The van der Waals surface area contributed by atoms with E-state index in [0.717, 1.165) is 37.4 Å². The summed E-state index contributed by atoms with van der Waals surface area (Å²) in [6, 6.07) is 11.6. The van der Waals surface area contributed by atoms with Crippen LogP contribution < -0.4 is 26.0 Å². The molecule has 1 aromatic carbocycles. The SMILES string of the molecule is CN=C(NCc1ccc(C(N)=O)o1)NC1CCCN(c2ccccc2OC)C1.I. The zero-order valence-electron chi connectivity index (χ0n) is 16.7. The molecule has 1 saturated heterocycles. The van der Waals surface area contributed by atoms with E-state index in [4.69, 9.17) is 14.9 Å². The van der Waals surface area contributed by atoms with Crippen molar-refractivity contribution >= 4 is 41.5 Å². The van der Waals surface area contributed by atoms with Gasteiger partial charge in [-0.25, -0.2) is 0 Å². The third kappa shape index (κ3) is 6.02. The van der Waals surface area contributed by atoms with Gasteiger partial charge >= 0.3 is 0 Å². The Labute approximate surface area is 187 Å². The Morgan fingerprint density at radius 2 is 2.14 bits per heavy atom. The highest BCUT2D eigenvalue weighted by Gasteiger charge is 2.23. The van der Waals surface area contributed by atoms with E-state index in [1.165, 1.54) is 0 Å². The van der Waals surface area contributed by atoms with Crippen molar-refractivity contribution in [2.45, 2.75) is 25.4 Å². The minimum Gasteiger partial charge on any atom is -0.495 e. The molecule has 0 saturated carbocycles. The van der Waals surface area contributed by atoms with Crippen LogP contribution in [0, 0.1) is 0 Å². The fraction of sp³-hybridized carbons (Fsp3) is 0.400. The summed E-state index contributed by atoms with van der Waals surface area (Å²) < 4.78 is 10.9. The van der Waals surface area contributed by atoms with Crippen LogP contribution in [0.1, 0.15) is 29.2 Å². The van der Waals surface area contributed by atoms with Crippen molar-refractivity contribution in [3.63, 3.8) is 0 Å². The molecule has 1 aliphatic heterocycles. The maximum absolute atomic E-state index is 11.1. The van der Waals surface area contributed by atoms with Crippen LogP contribution in [0.2, 0.25) is 0 Å². The molecule has 1 unspecified atom stereocenters. The number of nitrogens with two attached hydrogens (primary N) is 1. The molecule has 29 heavy (non-hydrogen) atoms. The van der Waals surface area contributed by atoms with E-state index in [2.05, 4.69) is 26.6 Å². The maximum atomic E-state index is 11.1. The van der Waals surface area contributed by atoms with E-state index in [-0.39, 0.29) is 35.8 Å². The van der Waals surface area contributed by atoms with Crippen molar-refractivity contribution in [2.75, 3.05) is 32.1 Å². The minimum atomic E-state index is -0.576. The molecule has 1 aromatic heterocycles. The molecule has 1 atom stereocenters. The molecule has 1 aliphatic rings. The highest BCUT2D eigenvalue weighted by Crippen LogP contribution is 2.29. The highest BCUT2D eigenvalue weighted by molar-refractivity contribution is 14.0. The van der Waals surface area contributed by atoms with Gasteiger partial charge in [0.15, 0.2) is 11.7 Å². The average molecular weight is 513 g/mol. The first-order chi connectivity index (χ1) is 13.6. The Morgan fingerprint density at radius 3 is 2.83 bits per heavy atom. The van der Waals surface area contributed by atoms with Gasteiger partial charge in [0.1, 0.15) is 11.5 Å². The lowest BCUT2D eigenvalue weighted by atomic mass is 10.0. The number of rotatable bonds is 6. The number of ether oxygens (including phenoxy) is 1. The van der Waals surface area contributed by atoms with Gasteiger partial charge in [-0.3, -0.25) is 9.79 Å². The van der Waals surface area contributed by atoms with Gasteiger partial charge in [-0.05, 0) is 37.1 Å². The molecule has 0 aliphatic carbocycles. The van der Waals surface area contributed by atoms with E-state index in [9.17, 15) is 4.79 Å². The Hall–Kier alpha value is -2.43. The number of primary amides is 1. The Balaban J connectivity index is 0.00000300. The van der Waals surface area contributed by atoms with Crippen molar-refractivity contribution in [1.29, 1.82) is 0 Å². The number of hydrogen-bond acceptors (Lipinski definition) is 5. The summed E-state index contributed by atoms with van der Waals surface area (Å²) in [6.45, 7) is 2.26. The van der Waals surface area contributed by atoms with Gasteiger partial charge in [-0.2, -0.15) is 0 Å². The monoisotopic (exact) mass is 513 g/mol. The zero-order chi connectivity index (χ0) is 19.9. The molecule has 0 radical (unpaired) electrons. The first-order valence-corrected chi connectivity index (χ1v) is 9.34. The predicted molar refractivity (Wildman–Crippen MR) is 124 cm³/mol. The second-order valence-corrected chi connectivity index (χ2v) is 6.66. The normalized spacial score (nSPS) is 16.7. The fourth-order valence-corrected chi connectivity index (χ4v) is 3.37. The van der Waals surface area contributed by atoms with Gasteiger partial charge < -0.3 is 30.4 Å². The third-order valence-corrected chi connectivity index (χ3v) is 4.75. The van der Waals surface area contributed by atoms with Gasteiger partial charge in [0.2, 0.25) is 0 Å². The van der Waals surface area contributed by atoms with E-state index in [1.807, 2.05) is 18.2 Å². The summed E-state index contributed by atoms with van der Waals surface area (Å²) in [6.07, 6.45) is 2.13. The number of anilines is 1. The first-order valence-electron chi connectivity index (χ1n) is 9.34. The third-order valence-electron chi connectivity index (χ3n) is 4.75. The molecule has 9 heteroatoms. The number of nitrogens with zero attached hydrogens (tertiary/aromatic N) is 2. The van der Waals surface area contributed by atoms with Gasteiger partial charge in [-0.1, -0.05) is 12.1 Å². The Bertz CT molecular complexity index is 839. The molecule has 2 heterocycles. The fourth-order valence-electron chi connectivity index (χ4n) is 3.37. The number of halogens is 1. The molecule has 1 fully saturated rings. The number of para-hydroxylation sites is 2. The molecular formula is C20H28IN5O3. The lowest BCUT2D eigenvalue weighted by Crippen LogP contribution is -2.51. The van der Waals surface area contributed by atoms with Crippen molar-refractivity contribution in [3.05, 3.63) is 47.9 Å². The number of amides is 1. The molecule has 0 bridgehead atoms. The summed E-state index contributed by atoms with van der Waals surface area (Å²) in [7, 11) is 3.43. The number of aliphatic imine (C=N–C) groups is 1. The highest BCUT2D eigenvalue weighted by atomic mass is 127. The summed E-state index contributed by atoms with van der Waals surface area (Å²) in [5, 5.41) is 6.68. The van der Waals surface area contributed by atoms with Crippen LogP contribution in [-0.2, 0) is 6.54 Å². The first kappa shape index (κ1) is 22.9. The number of nitrogens with one attached hydrogen (secondary N) is 2. The number of methoxy groups -OCH3 is 1. The van der Waals surface area contributed by atoms with Crippen molar-refractivity contribution in [3.8, 4) is 5.75 Å². The number of carbonyl (C=O) groups is 1. The van der Waals surface area contributed by atoms with Crippen LogP contribution in [0.5, 0.6) is 5.75 Å². The van der Waals surface area contributed by atoms with Crippen molar-refractivity contribution in [2.24, 2.45) is 10.7 Å². The minimum absolute atomic E-state index is 0. The summed E-state index contributed by atoms with van der Waals surface area (Å²) in [4.78, 5) is 17.7. The Kier molecular flexibility index (Phi) is 8.62. The standard InChI is InChI=1S/C20H27N5O3.HI/c1-22-20(23-12-15-9-10-18(28-15)19(21)26)24-14-6-5-11-25(13-14)16-7-3-4-8-17(16)27-2;/h3-4,7-10,14H,5-6,11-13H2,1-2H3,(H2,21,26)(H2,22,23,24);1H. The number of hydrogen-bond donors (Lipinski definition) is 3. The summed E-state index contributed by atoms with van der Waals surface area (Å²) in [5.41, 5.74) is 6.32.